The first kappa shape index (κ1) is 25.2. The highest BCUT2D eigenvalue weighted by Gasteiger charge is 2.18. The number of carbonyl (C=O) groups is 2. The Balaban J connectivity index is 1.89. The Bertz CT molecular complexity index is 824. The Morgan fingerprint density at radius 2 is 1.72 bits per heavy atom. The summed E-state index contributed by atoms with van der Waals surface area (Å²) in [6.07, 6.45) is 0.345. The lowest BCUT2D eigenvalue weighted by Gasteiger charge is -2.24. The summed E-state index contributed by atoms with van der Waals surface area (Å²) in [5.41, 5.74) is 1.62. The molecule has 2 aromatic carbocycles. The lowest BCUT2D eigenvalue weighted by molar-refractivity contribution is -0.149. The highest BCUT2D eigenvalue weighted by atomic mass is 16.5. The van der Waals surface area contributed by atoms with Gasteiger partial charge in [-0.3, -0.25) is 0 Å². The molecule has 7 nitrogen and oxygen atoms in total. The molecule has 1 atom stereocenters. The van der Waals surface area contributed by atoms with Crippen molar-refractivity contribution in [2.45, 2.75) is 39.7 Å². The predicted octanol–water partition coefficient (Wildman–Crippen LogP) is 4.68. The molecule has 7 heteroatoms. The minimum absolute atomic E-state index is 0.147. The van der Waals surface area contributed by atoms with Crippen molar-refractivity contribution >= 4 is 17.7 Å². The molecule has 32 heavy (non-hydrogen) atoms. The molecule has 0 saturated heterocycles. The molecular formula is C25H34N2O5. The Labute approximate surface area is 190 Å². The summed E-state index contributed by atoms with van der Waals surface area (Å²) in [7, 11) is 0. The van der Waals surface area contributed by atoms with Crippen molar-refractivity contribution < 1.29 is 24.2 Å². The Morgan fingerprint density at radius 1 is 1.03 bits per heavy atom. The number of ether oxygens (including phenoxy) is 2. The molecule has 2 aromatic rings. The van der Waals surface area contributed by atoms with Gasteiger partial charge in [-0.05, 0) is 49.1 Å². The van der Waals surface area contributed by atoms with Crippen LogP contribution in [0.1, 0.15) is 32.8 Å². The Kier molecular flexibility index (Phi) is 10.5. The van der Waals surface area contributed by atoms with E-state index in [1.807, 2.05) is 54.6 Å². The van der Waals surface area contributed by atoms with E-state index in [1.165, 1.54) is 0 Å². The van der Waals surface area contributed by atoms with Crippen LogP contribution in [-0.2, 0) is 16.0 Å². The number of carboxylic acid groups (broad SMARTS) is 1. The number of urea groups is 1. The van der Waals surface area contributed by atoms with Gasteiger partial charge < -0.3 is 24.8 Å². The second-order valence-electron chi connectivity index (χ2n) is 7.94. The number of anilines is 1. The molecule has 0 spiro atoms. The third-order valence-electron chi connectivity index (χ3n) is 4.91. The number of carbonyl (C=O) groups excluding carboxylic acids is 1. The number of nitrogens with zero attached hydrogens (tertiary/aromatic N) is 1. The standard InChI is InChI=1S/C25H34N2O5/c1-4-31-23(24(28)29)18-20-10-12-22(13-11-20)32-17-16-27(15-14-19(2)3)25(30)26-21-8-6-5-7-9-21/h5-13,19,23H,4,14-18H2,1-3H3,(H,26,30)(H,28,29). The normalized spacial score (nSPS) is 11.8. The number of carboxylic acids is 1. The molecule has 0 saturated carbocycles. The zero-order valence-corrected chi connectivity index (χ0v) is 19.1. The molecule has 0 radical (unpaired) electrons. The van der Waals surface area contributed by atoms with Crippen molar-refractivity contribution in [1.29, 1.82) is 0 Å². The molecule has 0 aliphatic rings. The van der Waals surface area contributed by atoms with Crippen LogP contribution in [0.15, 0.2) is 54.6 Å². The van der Waals surface area contributed by atoms with Crippen LogP contribution >= 0.6 is 0 Å². The van der Waals surface area contributed by atoms with Crippen molar-refractivity contribution in [3.8, 4) is 5.75 Å². The number of hydrogen-bond acceptors (Lipinski definition) is 4. The summed E-state index contributed by atoms with van der Waals surface area (Å²) in [6, 6.07) is 16.5. The van der Waals surface area contributed by atoms with Crippen LogP contribution in [0.2, 0.25) is 0 Å². The SMILES string of the molecule is CCOC(Cc1ccc(OCCN(CCC(C)C)C(=O)Nc2ccccc2)cc1)C(=O)O. The molecular weight excluding hydrogens is 408 g/mol. The summed E-state index contributed by atoms with van der Waals surface area (Å²) in [6.45, 7) is 7.85. The number of hydrogen-bond donors (Lipinski definition) is 2. The second-order valence-corrected chi connectivity index (χ2v) is 7.94. The average molecular weight is 443 g/mol. The smallest absolute Gasteiger partial charge is 0.333 e. The minimum Gasteiger partial charge on any atom is -0.492 e. The molecule has 2 amide bonds. The first-order valence-corrected chi connectivity index (χ1v) is 11.1. The fourth-order valence-corrected chi connectivity index (χ4v) is 3.08. The van der Waals surface area contributed by atoms with Crippen LogP contribution in [0, 0.1) is 5.92 Å². The summed E-state index contributed by atoms with van der Waals surface area (Å²) >= 11 is 0. The quantitative estimate of drug-likeness (QED) is 0.470. The van der Waals surface area contributed by atoms with Gasteiger partial charge in [0.25, 0.3) is 0 Å². The van der Waals surface area contributed by atoms with Gasteiger partial charge in [0, 0.05) is 25.3 Å². The fraction of sp³-hybridized carbons (Fsp3) is 0.440. The van der Waals surface area contributed by atoms with E-state index >= 15 is 0 Å². The maximum absolute atomic E-state index is 12.7. The third-order valence-corrected chi connectivity index (χ3v) is 4.91. The van der Waals surface area contributed by atoms with E-state index < -0.39 is 12.1 Å². The van der Waals surface area contributed by atoms with Crippen molar-refractivity contribution in [2.75, 3.05) is 31.6 Å². The minimum atomic E-state index is -0.970. The van der Waals surface area contributed by atoms with E-state index in [2.05, 4.69) is 19.2 Å². The summed E-state index contributed by atoms with van der Waals surface area (Å²) < 4.78 is 11.1. The van der Waals surface area contributed by atoms with Crippen LogP contribution in [0.3, 0.4) is 0 Å². The van der Waals surface area contributed by atoms with E-state index in [4.69, 9.17) is 9.47 Å². The van der Waals surface area contributed by atoms with Crippen LogP contribution in [0.25, 0.3) is 0 Å². The number of para-hydroxylation sites is 1. The van der Waals surface area contributed by atoms with Gasteiger partial charge in [0.05, 0.1) is 6.54 Å². The second kappa shape index (κ2) is 13.4. The monoisotopic (exact) mass is 442 g/mol. The van der Waals surface area contributed by atoms with E-state index in [-0.39, 0.29) is 6.03 Å². The summed E-state index contributed by atoms with van der Waals surface area (Å²) in [5.74, 6) is 0.188. The van der Waals surface area contributed by atoms with Crippen LogP contribution < -0.4 is 10.1 Å². The molecule has 0 fully saturated rings. The molecule has 0 aliphatic heterocycles. The number of rotatable bonds is 13. The zero-order chi connectivity index (χ0) is 23.3. The molecule has 2 N–H and O–H groups in total. The lowest BCUT2D eigenvalue weighted by Crippen LogP contribution is -2.39. The van der Waals surface area contributed by atoms with Gasteiger partial charge in [-0.25, -0.2) is 9.59 Å². The van der Waals surface area contributed by atoms with Crippen molar-refractivity contribution in [2.24, 2.45) is 5.92 Å². The van der Waals surface area contributed by atoms with Crippen LogP contribution in [-0.4, -0.2) is 54.4 Å². The van der Waals surface area contributed by atoms with Gasteiger partial charge in [0.1, 0.15) is 12.4 Å². The number of nitrogens with one attached hydrogen (secondary N) is 1. The highest BCUT2D eigenvalue weighted by Crippen LogP contribution is 2.15. The van der Waals surface area contributed by atoms with Gasteiger partial charge in [-0.15, -0.1) is 0 Å². The Hall–Kier alpha value is -3.06. The molecule has 0 heterocycles. The molecule has 0 bridgehead atoms. The maximum Gasteiger partial charge on any atom is 0.333 e. The van der Waals surface area contributed by atoms with E-state index in [9.17, 15) is 14.7 Å². The number of benzene rings is 2. The third kappa shape index (κ3) is 8.98. The first-order valence-electron chi connectivity index (χ1n) is 11.1. The molecule has 2 rings (SSSR count). The largest absolute Gasteiger partial charge is 0.492 e. The zero-order valence-electron chi connectivity index (χ0n) is 19.1. The van der Waals surface area contributed by atoms with E-state index in [1.54, 1.807) is 11.8 Å². The van der Waals surface area contributed by atoms with E-state index in [0.29, 0.717) is 44.4 Å². The summed E-state index contributed by atoms with van der Waals surface area (Å²) in [4.78, 5) is 25.7. The average Bonchev–Trinajstić information content (AvgIpc) is 2.77. The topological polar surface area (TPSA) is 88.1 Å². The molecule has 174 valence electrons. The number of aliphatic carboxylic acids is 1. The van der Waals surface area contributed by atoms with Crippen molar-refractivity contribution in [1.82, 2.24) is 4.90 Å². The predicted molar refractivity (Wildman–Crippen MR) is 125 cm³/mol. The first-order chi connectivity index (χ1) is 15.4. The Morgan fingerprint density at radius 3 is 2.31 bits per heavy atom. The fourth-order valence-electron chi connectivity index (χ4n) is 3.08. The van der Waals surface area contributed by atoms with Crippen molar-refractivity contribution in [3.63, 3.8) is 0 Å². The van der Waals surface area contributed by atoms with Gasteiger partial charge in [-0.1, -0.05) is 44.2 Å². The van der Waals surface area contributed by atoms with Gasteiger partial charge in [0.15, 0.2) is 6.10 Å². The van der Waals surface area contributed by atoms with Crippen LogP contribution in [0.4, 0.5) is 10.5 Å². The van der Waals surface area contributed by atoms with Gasteiger partial charge >= 0.3 is 12.0 Å². The molecule has 0 aliphatic carbocycles. The van der Waals surface area contributed by atoms with E-state index in [0.717, 1.165) is 17.7 Å². The number of amides is 2. The maximum atomic E-state index is 12.7. The summed E-state index contributed by atoms with van der Waals surface area (Å²) in [5, 5.41) is 12.1. The lowest BCUT2D eigenvalue weighted by atomic mass is 10.1. The molecule has 1 unspecified atom stereocenters. The van der Waals surface area contributed by atoms with Crippen LogP contribution in [0.5, 0.6) is 5.75 Å². The van der Waals surface area contributed by atoms with Gasteiger partial charge in [0.2, 0.25) is 0 Å². The highest BCUT2D eigenvalue weighted by molar-refractivity contribution is 5.89. The van der Waals surface area contributed by atoms with Gasteiger partial charge in [-0.2, -0.15) is 0 Å². The van der Waals surface area contributed by atoms with Crippen molar-refractivity contribution in [3.05, 3.63) is 60.2 Å². The molecule has 0 aromatic heterocycles.